The van der Waals surface area contributed by atoms with E-state index in [1.54, 1.807) is 0 Å². The largest absolute Gasteiger partial charge is 0.486 e. The molecule has 1 amide bonds. The van der Waals surface area contributed by atoms with E-state index in [0.717, 1.165) is 56.6 Å². The van der Waals surface area contributed by atoms with Crippen LogP contribution >= 0.6 is 11.6 Å². The van der Waals surface area contributed by atoms with E-state index in [1.807, 2.05) is 23.1 Å². The van der Waals surface area contributed by atoms with Gasteiger partial charge in [0.25, 0.3) is 0 Å². The molecule has 7 heteroatoms. The Labute approximate surface area is 165 Å². The smallest absolute Gasteiger partial charge is 0.409 e. The molecule has 148 valence electrons. The van der Waals surface area contributed by atoms with Gasteiger partial charge in [-0.05, 0) is 56.8 Å². The van der Waals surface area contributed by atoms with Crippen molar-refractivity contribution in [3.05, 3.63) is 23.2 Å². The van der Waals surface area contributed by atoms with Crippen molar-refractivity contribution in [1.82, 2.24) is 9.80 Å². The van der Waals surface area contributed by atoms with Crippen LogP contribution in [0.1, 0.15) is 25.7 Å². The maximum absolute atomic E-state index is 11.5. The standard InChI is InChI=1S/C20H27ClN2O4/c21-16-3-4-18-19(12-16)27-17(14-26-18)13-22-8-5-15(6-9-22)2-1-7-23-10-11-25-20(23)24/h3-4,12,15,17H,1-2,5-11,13-14H2/t17-/m0/s1. The Bertz CT molecular complexity index is 663. The van der Waals surface area contributed by atoms with Crippen molar-refractivity contribution in [3.8, 4) is 11.5 Å². The van der Waals surface area contributed by atoms with Crippen molar-refractivity contribution in [1.29, 1.82) is 0 Å². The number of carbonyl (C=O) groups excluding carboxylic acids is 1. The lowest BCUT2D eigenvalue weighted by atomic mass is 9.92. The summed E-state index contributed by atoms with van der Waals surface area (Å²) in [7, 11) is 0. The minimum atomic E-state index is -0.151. The third-order valence-corrected chi connectivity index (χ3v) is 5.91. The normalized spacial score (nSPS) is 23.5. The van der Waals surface area contributed by atoms with E-state index in [0.29, 0.717) is 18.2 Å². The Morgan fingerprint density at radius 1 is 1.11 bits per heavy atom. The molecule has 2 saturated heterocycles. The van der Waals surface area contributed by atoms with Gasteiger partial charge < -0.3 is 19.1 Å². The first-order valence-corrected chi connectivity index (χ1v) is 10.3. The van der Waals surface area contributed by atoms with Crippen LogP contribution in [0.15, 0.2) is 18.2 Å². The van der Waals surface area contributed by atoms with E-state index in [1.165, 1.54) is 19.3 Å². The predicted molar refractivity (Wildman–Crippen MR) is 103 cm³/mol. The zero-order valence-electron chi connectivity index (χ0n) is 15.6. The topological polar surface area (TPSA) is 51.2 Å². The summed E-state index contributed by atoms with van der Waals surface area (Å²) in [6.07, 6.45) is 4.57. The molecule has 3 aliphatic rings. The zero-order valence-corrected chi connectivity index (χ0v) is 16.3. The van der Waals surface area contributed by atoms with Crippen LogP contribution in [0.4, 0.5) is 4.79 Å². The third-order valence-electron chi connectivity index (χ3n) is 5.68. The molecule has 3 aliphatic heterocycles. The lowest BCUT2D eigenvalue weighted by Gasteiger charge is -2.35. The van der Waals surface area contributed by atoms with Crippen LogP contribution in [0.25, 0.3) is 0 Å². The SMILES string of the molecule is O=C1OCCN1CCCC1CCN(C[C@H]2COc3ccc(Cl)cc3O2)CC1. The molecule has 2 fully saturated rings. The van der Waals surface area contributed by atoms with E-state index in [2.05, 4.69) is 4.90 Å². The molecular formula is C20H27ClN2O4. The van der Waals surface area contributed by atoms with E-state index in [9.17, 15) is 4.79 Å². The highest BCUT2D eigenvalue weighted by Crippen LogP contribution is 2.34. The number of rotatable bonds is 6. The Kier molecular flexibility index (Phi) is 5.93. The fraction of sp³-hybridized carbons (Fsp3) is 0.650. The van der Waals surface area contributed by atoms with Crippen LogP contribution in [-0.2, 0) is 4.74 Å². The second-order valence-electron chi connectivity index (χ2n) is 7.63. The van der Waals surface area contributed by atoms with Gasteiger partial charge in [0.1, 0.15) is 19.3 Å². The van der Waals surface area contributed by atoms with E-state index in [4.69, 9.17) is 25.8 Å². The number of nitrogens with zero attached hydrogens (tertiary/aromatic N) is 2. The van der Waals surface area contributed by atoms with Crippen molar-refractivity contribution in [2.75, 3.05) is 45.9 Å². The number of fused-ring (bicyclic) bond motifs is 1. The highest BCUT2D eigenvalue weighted by atomic mass is 35.5. The Hall–Kier alpha value is -1.66. The van der Waals surface area contributed by atoms with Gasteiger partial charge in [0.05, 0.1) is 6.54 Å². The predicted octanol–water partition coefficient (Wildman–Crippen LogP) is 3.42. The second kappa shape index (κ2) is 8.57. The molecule has 3 heterocycles. The number of piperidine rings is 1. The van der Waals surface area contributed by atoms with Crippen molar-refractivity contribution in [3.63, 3.8) is 0 Å². The van der Waals surface area contributed by atoms with Crippen LogP contribution in [0.2, 0.25) is 5.02 Å². The Morgan fingerprint density at radius 3 is 2.74 bits per heavy atom. The van der Waals surface area contributed by atoms with Crippen LogP contribution < -0.4 is 9.47 Å². The number of amides is 1. The van der Waals surface area contributed by atoms with Gasteiger partial charge in [-0.3, -0.25) is 4.90 Å². The zero-order chi connectivity index (χ0) is 18.6. The summed E-state index contributed by atoms with van der Waals surface area (Å²) in [5.41, 5.74) is 0. The van der Waals surface area contributed by atoms with E-state index < -0.39 is 0 Å². The molecule has 6 nitrogen and oxygen atoms in total. The second-order valence-corrected chi connectivity index (χ2v) is 8.07. The number of likely N-dealkylation sites (tertiary alicyclic amines) is 1. The van der Waals surface area contributed by atoms with Gasteiger partial charge in [0.15, 0.2) is 11.5 Å². The molecule has 0 bridgehead atoms. The van der Waals surface area contributed by atoms with Gasteiger partial charge >= 0.3 is 6.09 Å². The van der Waals surface area contributed by atoms with Crippen LogP contribution in [0.3, 0.4) is 0 Å². The van der Waals surface area contributed by atoms with Crippen LogP contribution in [0.5, 0.6) is 11.5 Å². The van der Waals surface area contributed by atoms with Crippen LogP contribution in [-0.4, -0.2) is 67.9 Å². The van der Waals surface area contributed by atoms with Gasteiger partial charge in [-0.25, -0.2) is 4.79 Å². The summed E-state index contributed by atoms with van der Waals surface area (Å²) in [6, 6.07) is 5.51. The molecule has 4 rings (SSSR count). The summed E-state index contributed by atoms with van der Waals surface area (Å²) in [5.74, 6) is 2.27. The molecule has 0 saturated carbocycles. The number of cyclic esters (lactones) is 1. The lowest BCUT2D eigenvalue weighted by molar-refractivity contribution is 0.0470. The van der Waals surface area contributed by atoms with Crippen molar-refractivity contribution < 1.29 is 19.0 Å². The molecule has 0 aromatic heterocycles. The molecule has 1 aromatic rings. The van der Waals surface area contributed by atoms with Crippen molar-refractivity contribution >= 4 is 17.7 Å². The average molecular weight is 395 g/mol. The summed E-state index contributed by atoms with van der Waals surface area (Å²) in [5, 5.41) is 0.668. The number of ether oxygens (including phenoxy) is 3. The number of carbonyl (C=O) groups is 1. The maximum atomic E-state index is 11.5. The number of benzene rings is 1. The first-order chi connectivity index (χ1) is 13.2. The van der Waals surface area contributed by atoms with Crippen molar-refractivity contribution in [2.24, 2.45) is 5.92 Å². The van der Waals surface area contributed by atoms with Gasteiger partial charge in [0, 0.05) is 24.2 Å². The molecule has 1 aromatic carbocycles. The number of hydrogen-bond donors (Lipinski definition) is 0. The Morgan fingerprint density at radius 2 is 1.96 bits per heavy atom. The highest BCUT2D eigenvalue weighted by Gasteiger charge is 2.27. The third kappa shape index (κ3) is 4.79. The summed E-state index contributed by atoms with van der Waals surface area (Å²) >= 11 is 6.05. The first kappa shape index (κ1) is 18.7. The fourth-order valence-electron chi connectivity index (χ4n) is 4.12. The molecular weight excluding hydrogens is 368 g/mol. The van der Waals surface area contributed by atoms with E-state index in [-0.39, 0.29) is 12.2 Å². The minimum absolute atomic E-state index is 0.0497. The molecule has 27 heavy (non-hydrogen) atoms. The van der Waals surface area contributed by atoms with Crippen molar-refractivity contribution in [2.45, 2.75) is 31.8 Å². The highest BCUT2D eigenvalue weighted by molar-refractivity contribution is 6.30. The Balaban J connectivity index is 1.16. The molecule has 0 unspecified atom stereocenters. The molecule has 0 radical (unpaired) electrons. The van der Waals surface area contributed by atoms with Gasteiger partial charge in [-0.15, -0.1) is 0 Å². The number of hydrogen-bond acceptors (Lipinski definition) is 5. The lowest BCUT2D eigenvalue weighted by Crippen LogP contribution is -2.44. The fourth-order valence-corrected chi connectivity index (χ4v) is 4.29. The molecule has 0 aliphatic carbocycles. The summed E-state index contributed by atoms with van der Waals surface area (Å²) in [4.78, 5) is 15.7. The van der Waals surface area contributed by atoms with Gasteiger partial charge in [0.2, 0.25) is 0 Å². The van der Waals surface area contributed by atoms with Gasteiger partial charge in [-0.1, -0.05) is 11.6 Å². The molecule has 1 atom stereocenters. The quantitative estimate of drug-likeness (QED) is 0.739. The minimum Gasteiger partial charge on any atom is -0.486 e. The summed E-state index contributed by atoms with van der Waals surface area (Å²) < 4.78 is 16.9. The van der Waals surface area contributed by atoms with Crippen LogP contribution in [0, 0.1) is 5.92 Å². The first-order valence-electron chi connectivity index (χ1n) is 9.90. The maximum Gasteiger partial charge on any atom is 0.409 e. The number of halogens is 1. The average Bonchev–Trinajstić information content (AvgIpc) is 3.08. The van der Waals surface area contributed by atoms with Gasteiger partial charge in [-0.2, -0.15) is 0 Å². The summed E-state index contributed by atoms with van der Waals surface area (Å²) in [6.45, 7) is 5.78. The molecule has 0 spiro atoms. The van der Waals surface area contributed by atoms with E-state index >= 15 is 0 Å². The monoisotopic (exact) mass is 394 g/mol. The molecule has 0 N–H and O–H groups in total.